The van der Waals surface area contributed by atoms with Crippen molar-refractivity contribution in [3.63, 3.8) is 0 Å². The molecular weight excluding hydrogens is 238 g/mol. The van der Waals surface area contributed by atoms with Crippen LogP contribution >= 0.6 is 0 Å². The molecule has 104 valence electrons. The number of carbonyl (C=O) groups is 1. The van der Waals surface area contributed by atoms with Crippen molar-refractivity contribution in [1.29, 1.82) is 0 Å². The smallest absolute Gasteiger partial charge is 0.254 e. The van der Waals surface area contributed by atoms with Crippen LogP contribution in [0.3, 0.4) is 0 Å². The number of aromatic nitrogens is 2. The number of rotatable bonds is 3. The van der Waals surface area contributed by atoms with Gasteiger partial charge in [-0.1, -0.05) is 12.8 Å². The molecule has 0 bridgehead atoms. The van der Waals surface area contributed by atoms with Crippen LogP contribution in [0, 0.1) is 11.8 Å². The highest BCUT2D eigenvalue weighted by atomic mass is 16.1. The average Bonchev–Trinajstić information content (AvgIpc) is 3.05. The largest absolute Gasteiger partial charge is 0.349 e. The van der Waals surface area contributed by atoms with E-state index < -0.39 is 0 Å². The van der Waals surface area contributed by atoms with Gasteiger partial charge in [0.1, 0.15) is 0 Å². The molecule has 0 spiro atoms. The van der Waals surface area contributed by atoms with Crippen LogP contribution in [0.2, 0.25) is 0 Å². The number of fused-ring (bicyclic) bond motifs is 1. The van der Waals surface area contributed by atoms with Crippen molar-refractivity contribution >= 4 is 5.91 Å². The zero-order valence-electron chi connectivity index (χ0n) is 11.8. The van der Waals surface area contributed by atoms with Gasteiger partial charge < -0.3 is 5.32 Å². The number of nitrogens with one attached hydrogen (secondary N) is 1. The van der Waals surface area contributed by atoms with Crippen molar-refractivity contribution in [3.05, 3.63) is 18.0 Å². The van der Waals surface area contributed by atoms with Crippen molar-refractivity contribution in [2.75, 3.05) is 0 Å². The summed E-state index contributed by atoms with van der Waals surface area (Å²) in [5.41, 5.74) is 0.690. The quantitative estimate of drug-likeness (QED) is 0.909. The van der Waals surface area contributed by atoms with Gasteiger partial charge in [0.05, 0.1) is 11.8 Å². The van der Waals surface area contributed by atoms with Gasteiger partial charge in [0, 0.05) is 18.3 Å². The van der Waals surface area contributed by atoms with Crippen LogP contribution in [0.25, 0.3) is 0 Å². The standard InChI is InChI=1S/C15H23N3O/c1-10(2)18-9-12(8-16-18)15(19)17-14-7-6-11-4-3-5-13(11)14/h8-11,13-14H,3-7H2,1-2H3,(H,17,19)/t11-,13-,14-/m0/s1. The number of carbonyl (C=O) groups excluding carboxylic acids is 1. The van der Waals surface area contributed by atoms with Crippen LogP contribution in [0.1, 0.15) is 62.4 Å². The van der Waals surface area contributed by atoms with E-state index in [-0.39, 0.29) is 5.91 Å². The van der Waals surface area contributed by atoms with E-state index in [1.165, 1.54) is 25.7 Å². The average molecular weight is 261 g/mol. The van der Waals surface area contributed by atoms with Gasteiger partial charge in [0.25, 0.3) is 5.91 Å². The maximum Gasteiger partial charge on any atom is 0.254 e. The summed E-state index contributed by atoms with van der Waals surface area (Å²) < 4.78 is 1.84. The van der Waals surface area contributed by atoms with E-state index in [4.69, 9.17) is 0 Å². The molecular formula is C15H23N3O. The number of amides is 1. The minimum Gasteiger partial charge on any atom is -0.349 e. The van der Waals surface area contributed by atoms with Crippen molar-refractivity contribution in [1.82, 2.24) is 15.1 Å². The Kier molecular flexibility index (Phi) is 3.33. The maximum absolute atomic E-state index is 12.3. The maximum atomic E-state index is 12.3. The zero-order chi connectivity index (χ0) is 13.4. The molecule has 2 fully saturated rings. The predicted molar refractivity (Wildman–Crippen MR) is 73.9 cm³/mol. The summed E-state index contributed by atoms with van der Waals surface area (Å²) in [4.78, 5) is 12.3. The number of hydrogen-bond donors (Lipinski definition) is 1. The molecule has 3 atom stereocenters. The van der Waals surface area contributed by atoms with E-state index in [2.05, 4.69) is 24.3 Å². The minimum atomic E-state index is 0.0458. The molecule has 19 heavy (non-hydrogen) atoms. The van der Waals surface area contributed by atoms with E-state index in [9.17, 15) is 4.79 Å². The van der Waals surface area contributed by atoms with E-state index in [1.807, 2.05) is 10.9 Å². The van der Waals surface area contributed by atoms with E-state index in [1.54, 1.807) is 6.20 Å². The molecule has 1 amide bonds. The Hall–Kier alpha value is -1.32. The second kappa shape index (κ2) is 4.99. The van der Waals surface area contributed by atoms with Crippen LogP contribution < -0.4 is 5.32 Å². The second-order valence-electron chi connectivity index (χ2n) is 6.31. The third-order valence-electron chi connectivity index (χ3n) is 4.79. The van der Waals surface area contributed by atoms with Crippen LogP contribution in [0.4, 0.5) is 0 Å². The van der Waals surface area contributed by atoms with Gasteiger partial charge in [-0.3, -0.25) is 9.48 Å². The number of hydrogen-bond acceptors (Lipinski definition) is 2. The molecule has 0 aromatic carbocycles. The monoisotopic (exact) mass is 261 g/mol. The summed E-state index contributed by atoms with van der Waals surface area (Å²) in [6.45, 7) is 4.13. The molecule has 4 heteroatoms. The molecule has 1 aromatic rings. The zero-order valence-corrected chi connectivity index (χ0v) is 11.8. The van der Waals surface area contributed by atoms with Gasteiger partial charge in [-0.2, -0.15) is 5.10 Å². The molecule has 0 saturated heterocycles. The van der Waals surface area contributed by atoms with E-state index in [0.717, 1.165) is 18.3 Å². The van der Waals surface area contributed by atoms with Crippen LogP contribution in [-0.4, -0.2) is 21.7 Å². The molecule has 3 rings (SSSR count). The minimum absolute atomic E-state index is 0.0458. The molecule has 0 aliphatic heterocycles. The van der Waals surface area contributed by atoms with Gasteiger partial charge in [-0.15, -0.1) is 0 Å². The first-order valence-corrected chi connectivity index (χ1v) is 7.50. The Labute approximate surface area is 114 Å². The Morgan fingerprint density at radius 2 is 2.21 bits per heavy atom. The second-order valence-corrected chi connectivity index (χ2v) is 6.31. The first-order chi connectivity index (χ1) is 9.15. The van der Waals surface area contributed by atoms with Gasteiger partial charge in [0.15, 0.2) is 0 Å². The summed E-state index contributed by atoms with van der Waals surface area (Å²) in [7, 11) is 0. The van der Waals surface area contributed by atoms with E-state index >= 15 is 0 Å². The van der Waals surface area contributed by atoms with E-state index in [0.29, 0.717) is 17.6 Å². The first kappa shape index (κ1) is 12.7. The third-order valence-corrected chi connectivity index (χ3v) is 4.79. The summed E-state index contributed by atoms with van der Waals surface area (Å²) in [6, 6.07) is 0.689. The molecule has 4 nitrogen and oxygen atoms in total. The Morgan fingerprint density at radius 1 is 1.37 bits per heavy atom. The lowest BCUT2D eigenvalue weighted by molar-refractivity contribution is 0.0926. The Bertz CT molecular complexity index is 466. The fourth-order valence-corrected chi connectivity index (χ4v) is 3.73. The SMILES string of the molecule is CC(C)n1cc(C(=O)N[C@H]2CC[C@@H]3CCC[C@@H]32)cn1. The molecule has 2 aliphatic rings. The van der Waals surface area contributed by atoms with Crippen molar-refractivity contribution in [3.8, 4) is 0 Å². The van der Waals surface area contributed by atoms with Crippen molar-refractivity contribution in [2.24, 2.45) is 11.8 Å². The molecule has 2 saturated carbocycles. The first-order valence-electron chi connectivity index (χ1n) is 7.50. The van der Waals surface area contributed by atoms with Crippen LogP contribution in [0.15, 0.2) is 12.4 Å². The molecule has 2 aliphatic carbocycles. The highest BCUT2D eigenvalue weighted by Gasteiger charge is 2.39. The summed E-state index contributed by atoms with van der Waals surface area (Å²) in [5.74, 6) is 1.64. The predicted octanol–water partition coefficient (Wildman–Crippen LogP) is 2.77. The lowest BCUT2D eigenvalue weighted by atomic mass is 9.97. The fraction of sp³-hybridized carbons (Fsp3) is 0.733. The fourth-order valence-electron chi connectivity index (χ4n) is 3.73. The number of nitrogens with zero attached hydrogens (tertiary/aromatic N) is 2. The molecule has 0 unspecified atom stereocenters. The van der Waals surface area contributed by atoms with Crippen molar-refractivity contribution < 1.29 is 4.79 Å². The molecule has 1 N–H and O–H groups in total. The highest BCUT2D eigenvalue weighted by Crippen LogP contribution is 2.43. The molecule has 1 aromatic heterocycles. The van der Waals surface area contributed by atoms with Crippen molar-refractivity contribution in [2.45, 2.75) is 58.0 Å². The third kappa shape index (κ3) is 2.40. The van der Waals surface area contributed by atoms with Gasteiger partial charge in [0.2, 0.25) is 0 Å². The summed E-state index contributed by atoms with van der Waals surface area (Å²) >= 11 is 0. The van der Waals surface area contributed by atoms with Gasteiger partial charge in [-0.05, 0) is 44.9 Å². The Balaban J connectivity index is 1.64. The van der Waals surface area contributed by atoms with Gasteiger partial charge >= 0.3 is 0 Å². The topological polar surface area (TPSA) is 46.9 Å². The van der Waals surface area contributed by atoms with Gasteiger partial charge in [-0.25, -0.2) is 0 Å². The molecule has 1 heterocycles. The normalized spacial score (nSPS) is 29.7. The van der Waals surface area contributed by atoms with Crippen LogP contribution in [-0.2, 0) is 0 Å². The summed E-state index contributed by atoms with van der Waals surface area (Å²) in [5, 5.41) is 7.46. The van der Waals surface area contributed by atoms with Crippen LogP contribution in [0.5, 0.6) is 0 Å². The summed E-state index contributed by atoms with van der Waals surface area (Å²) in [6.07, 6.45) is 9.97. The molecule has 0 radical (unpaired) electrons. The highest BCUT2D eigenvalue weighted by molar-refractivity contribution is 5.93. The lowest BCUT2D eigenvalue weighted by Crippen LogP contribution is -2.37. The Morgan fingerprint density at radius 3 is 2.95 bits per heavy atom. The lowest BCUT2D eigenvalue weighted by Gasteiger charge is -2.19.